The van der Waals surface area contributed by atoms with Gasteiger partial charge in [-0.15, -0.1) is 0 Å². The minimum atomic E-state index is -0.937. The summed E-state index contributed by atoms with van der Waals surface area (Å²) in [4.78, 5) is 36.1. The number of nitrogens with zero attached hydrogens (tertiary/aromatic N) is 1. The van der Waals surface area contributed by atoms with Crippen LogP contribution in [-0.2, 0) is 20.9 Å². The van der Waals surface area contributed by atoms with Gasteiger partial charge in [0.2, 0.25) is 0 Å². The molecule has 0 radical (unpaired) electrons. The molecular formula is C24H23BrN4O5. The van der Waals surface area contributed by atoms with Crippen LogP contribution in [0, 0.1) is 13.8 Å². The Bertz CT molecular complexity index is 1210. The van der Waals surface area contributed by atoms with E-state index in [0.29, 0.717) is 17.1 Å². The van der Waals surface area contributed by atoms with Crippen LogP contribution in [0.2, 0.25) is 0 Å². The van der Waals surface area contributed by atoms with Crippen molar-refractivity contribution in [2.24, 2.45) is 5.10 Å². The van der Waals surface area contributed by atoms with Crippen molar-refractivity contribution in [3.8, 4) is 5.75 Å². The molecule has 3 N–H and O–H groups in total. The third-order valence-electron chi connectivity index (χ3n) is 4.58. The summed E-state index contributed by atoms with van der Waals surface area (Å²) in [5.41, 5.74) is 5.34. The summed E-state index contributed by atoms with van der Waals surface area (Å²) in [5, 5.41) is 9.06. The Kier molecular flexibility index (Phi) is 8.58. The predicted octanol–water partition coefficient (Wildman–Crippen LogP) is 3.44. The zero-order valence-corrected chi connectivity index (χ0v) is 20.1. The van der Waals surface area contributed by atoms with E-state index >= 15 is 0 Å². The van der Waals surface area contributed by atoms with Crippen LogP contribution in [0.3, 0.4) is 0 Å². The number of hydrogen-bond acceptors (Lipinski definition) is 6. The van der Waals surface area contributed by atoms with E-state index in [9.17, 15) is 14.4 Å². The van der Waals surface area contributed by atoms with Crippen LogP contribution in [-0.4, -0.2) is 30.5 Å². The Morgan fingerprint density at radius 1 is 1.09 bits per heavy atom. The second-order valence-electron chi connectivity index (χ2n) is 7.30. The number of furan rings is 1. The van der Waals surface area contributed by atoms with Gasteiger partial charge in [0.1, 0.15) is 11.5 Å². The number of hydrogen-bond donors (Lipinski definition) is 3. The van der Waals surface area contributed by atoms with E-state index in [1.165, 1.54) is 12.5 Å². The molecule has 0 aliphatic heterocycles. The quantitative estimate of drug-likeness (QED) is 0.235. The minimum absolute atomic E-state index is 0.0801. The van der Waals surface area contributed by atoms with Gasteiger partial charge in [0, 0.05) is 15.7 Å². The molecule has 0 spiro atoms. The number of nitrogens with one attached hydrogen (secondary N) is 3. The number of amides is 3. The smallest absolute Gasteiger partial charge is 0.329 e. The molecule has 0 unspecified atom stereocenters. The second-order valence-corrected chi connectivity index (χ2v) is 8.21. The maximum atomic E-state index is 12.4. The second kappa shape index (κ2) is 11.8. The monoisotopic (exact) mass is 526 g/mol. The maximum Gasteiger partial charge on any atom is 0.329 e. The van der Waals surface area contributed by atoms with E-state index in [1.54, 1.807) is 30.3 Å². The van der Waals surface area contributed by atoms with Crippen LogP contribution in [0.25, 0.3) is 0 Å². The van der Waals surface area contributed by atoms with Gasteiger partial charge >= 0.3 is 11.8 Å². The molecule has 3 aromatic rings. The standard InChI is InChI=1S/C24H23BrN4O5/c1-15-5-6-16(2)20(10-15)28-22(30)14-34-21-8-7-18(25)11-17(21)12-27-29-24(32)23(31)26-13-19-4-3-9-33-19/h3-12H,13-14H2,1-2H3,(H,26,31)(H,28,30)(H,29,32)/b27-12-. The van der Waals surface area contributed by atoms with Crippen molar-refractivity contribution in [3.05, 3.63) is 81.7 Å². The first-order valence-electron chi connectivity index (χ1n) is 10.2. The van der Waals surface area contributed by atoms with Gasteiger partial charge in [-0.25, -0.2) is 5.43 Å². The number of carbonyl (C=O) groups excluding carboxylic acids is 3. The summed E-state index contributed by atoms with van der Waals surface area (Å²) >= 11 is 3.36. The number of ether oxygens (including phenoxy) is 1. The van der Waals surface area contributed by atoms with Crippen LogP contribution in [0.4, 0.5) is 5.69 Å². The van der Waals surface area contributed by atoms with Crippen molar-refractivity contribution < 1.29 is 23.5 Å². The number of aryl methyl sites for hydroxylation is 2. The molecule has 3 rings (SSSR count). The topological polar surface area (TPSA) is 122 Å². The maximum absolute atomic E-state index is 12.4. The Morgan fingerprint density at radius 2 is 1.91 bits per heavy atom. The first-order chi connectivity index (χ1) is 16.3. The lowest BCUT2D eigenvalue weighted by atomic mass is 10.1. The van der Waals surface area contributed by atoms with Crippen molar-refractivity contribution in [1.29, 1.82) is 0 Å². The average molecular weight is 527 g/mol. The number of anilines is 1. The van der Waals surface area contributed by atoms with E-state index in [4.69, 9.17) is 9.15 Å². The summed E-state index contributed by atoms with van der Waals surface area (Å²) in [5.74, 6) is -1.22. The Balaban J connectivity index is 1.55. The van der Waals surface area contributed by atoms with Crippen molar-refractivity contribution in [2.75, 3.05) is 11.9 Å². The fourth-order valence-electron chi connectivity index (χ4n) is 2.82. The summed E-state index contributed by atoms with van der Waals surface area (Å²) < 4.78 is 11.5. The summed E-state index contributed by atoms with van der Waals surface area (Å²) in [6.45, 7) is 3.71. The highest BCUT2D eigenvalue weighted by Gasteiger charge is 2.13. The molecule has 1 aromatic heterocycles. The molecule has 9 nitrogen and oxygen atoms in total. The van der Waals surface area contributed by atoms with Crippen molar-refractivity contribution >= 4 is 45.6 Å². The highest BCUT2D eigenvalue weighted by atomic mass is 79.9. The van der Waals surface area contributed by atoms with Crippen LogP contribution in [0.1, 0.15) is 22.5 Å². The van der Waals surface area contributed by atoms with Crippen LogP contribution >= 0.6 is 15.9 Å². The molecule has 0 saturated carbocycles. The summed E-state index contributed by atoms with van der Waals surface area (Å²) in [6.07, 6.45) is 2.79. The minimum Gasteiger partial charge on any atom is -0.483 e. The fraction of sp³-hybridized carbons (Fsp3) is 0.167. The first kappa shape index (κ1) is 24.7. The average Bonchev–Trinajstić information content (AvgIpc) is 3.33. The van der Waals surface area contributed by atoms with Crippen molar-refractivity contribution in [1.82, 2.24) is 10.7 Å². The van der Waals surface area contributed by atoms with Crippen molar-refractivity contribution in [3.63, 3.8) is 0 Å². The number of hydrazone groups is 1. The van der Waals surface area contributed by atoms with E-state index in [1.807, 2.05) is 32.0 Å². The molecule has 2 aromatic carbocycles. The van der Waals surface area contributed by atoms with Gasteiger partial charge in [0.25, 0.3) is 5.91 Å². The third-order valence-corrected chi connectivity index (χ3v) is 5.07. The lowest BCUT2D eigenvalue weighted by Gasteiger charge is -2.12. The van der Waals surface area contributed by atoms with Crippen LogP contribution in [0.15, 0.2) is 68.8 Å². The molecule has 3 amide bonds. The fourth-order valence-corrected chi connectivity index (χ4v) is 3.20. The Labute approximate surface area is 204 Å². The Morgan fingerprint density at radius 3 is 2.68 bits per heavy atom. The first-order valence-corrected chi connectivity index (χ1v) is 11.0. The zero-order valence-electron chi connectivity index (χ0n) is 18.6. The van der Waals surface area contributed by atoms with Gasteiger partial charge in [-0.05, 0) is 61.4 Å². The lowest BCUT2D eigenvalue weighted by Crippen LogP contribution is -2.37. The highest BCUT2D eigenvalue weighted by Crippen LogP contribution is 2.22. The number of halogens is 1. The normalized spacial score (nSPS) is 10.7. The molecule has 1 heterocycles. The number of rotatable bonds is 8. The molecule has 0 saturated heterocycles. The van der Waals surface area contributed by atoms with Crippen LogP contribution < -0.4 is 20.8 Å². The molecule has 0 bridgehead atoms. The molecular weight excluding hydrogens is 504 g/mol. The van der Waals surface area contributed by atoms with Gasteiger partial charge < -0.3 is 19.8 Å². The molecule has 0 aliphatic carbocycles. The molecule has 0 fully saturated rings. The van der Waals surface area contributed by atoms with Gasteiger partial charge in [0.05, 0.1) is 19.0 Å². The number of benzene rings is 2. The third kappa shape index (κ3) is 7.31. The highest BCUT2D eigenvalue weighted by molar-refractivity contribution is 9.10. The molecule has 0 atom stereocenters. The zero-order chi connectivity index (χ0) is 24.5. The SMILES string of the molecule is Cc1ccc(C)c(NC(=O)COc2ccc(Br)cc2/C=N\NC(=O)C(=O)NCc2ccco2)c1. The Hall–Kier alpha value is -3.92. The molecule has 176 valence electrons. The van der Waals surface area contributed by atoms with Crippen molar-refractivity contribution in [2.45, 2.75) is 20.4 Å². The van der Waals surface area contributed by atoms with E-state index < -0.39 is 11.8 Å². The lowest BCUT2D eigenvalue weighted by molar-refractivity contribution is -0.139. The van der Waals surface area contributed by atoms with Gasteiger partial charge in [0.15, 0.2) is 6.61 Å². The van der Waals surface area contributed by atoms with E-state index in [-0.39, 0.29) is 19.1 Å². The largest absolute Gasteiger partial charge is 0.483 e. The van der Waals surface area contributed by atoms with Gasteiger partial charge in [-0.1, -0.05) is 28.1 Å². The number of carbonyl (C=O) groups is 3. The van der Waals surface area contributed by atoms with Gasteiger partial charge in [-0.3, -0.25) is 14.4 Å². The van der Waals surface area contributed by atoms with E-state index in [0.717, 1.165) is 21.3 Å². The summed E-state index contributed by atoms with van der Waals surface area (Å²) in [6, 6.07) is 14.2. The van der Waals surface area contributed by atoms with Gasteiger partial charge in [-0.2, -0.15) is 5.10 Å². The predicted molar refractivity (Wildman–Crippen MR) is 130 cm³/mol. The van der Waals surface area contributed by atoms with E-state index in [2.05, 4.69) is 37.1 Å². The van der Waals surface area contributed by atoms with Crippen LogP contribution in [0.5, 0.6) is 5.75 Å². The molecule has 34 heavy (non-hydrogen) atoms. The molecule has 0 aliphatic rings. The summed E-state index contributed by atoms with van der Waals surface area (Å²) in [7, 11) is 0. The molecule has 10 heteroatoms.